The molecule has 0 spiro atoms. The zero-order valence-corrected chi connectivity index (χ0v) is 17.5. The first kappa shape index (κ1) is 18.4. The first-order chi connectivity index (χ1) is 14.1. The number of aromatic nitrogens is 2. The molecular formula is C24H25ClN4. The predicted octanol–water partition coefficient (Wildman–Crippen LogP) is 6.44. The number of nitrogens with one attached hydrogen (secondary N) is 1. The Bertz CT molecular complexity index is 1050. The second-order valence-corrected chi connectivity index (χ2v) is 8.77. The van der Waals surface area contributed by atoms with Gasteiger partial charge in [-0.1, -0.05) is 55.8 Å². The van der Waals surface area contributed by atoms with Gasteiger partial charge < -0.3 is 10.2 Å². The second-order valence-electron chi connectivity index (χ2n) is 8.34. The molecule has 0 saturated carbocycles. The Kier molecular flexibility index (Phi) is 4.67. The van der Waals surface area contributed by atoms with Crippen LogP contribution in [0, 0.1) is 0 Å². The van der Waals surface area contributed by atoms with E-state index in [0.29, 0.717) is 28.8 Å². The Morgan fingerprint density at radius 1 is 1.00 bits per heavy atom. The molecule has 1 aromatic heterocycles. The summed E-state index contributed by atoms with van der Waals surface area (Å²) in [5.74, 6) is 2.55. The summed E-state index contributed by atoms with van der Waals surface area (Å²) in [7, 11) is 0. The van der Waals surface area contributed by atoms with Crippen molar-refractivity contribution in [2.24, 2.45) is 0 Å². The molecule has 3 heterocycles. The third-order valence-corrected chi connectivity index (χ3v) is 6.31. The van der Waals surface area contributed by atoms with Crippen molar-refractivity contribution in [3.63, 3.8) is 0 Å². The third-order valence-electron chi connectivity index (χ3n) is 6.08. The van der Waals surface area contributed by atoms with Crippen LogP contribution in [-0.2, 0) is 0 Å². The summed E-state index contributed by atoms with van der Waals surface area (Å²) in [5.41, 5.74) is 4.93. The second kappa shape index (κ2) is 7.34. The number of hydrogen-bond acceptors (Lipinski definition) is 4. The maximum Gasteiger partial charge on any atom is 0.229 e. The van der Waals surface area contributed by atoms with Crippen molar-refractivity contribution in [2.75, 3.05) is 16.8 Å². The van der Waals surface area contributed by atoms with E-state index in [-0.39, 0.29) is 0 Å². The fourth-order valence-electron chi connectivity index (χ4n) is 4.63. The summed E-state index contributed by atoms with van der Waals surface area (Å²) in [6, 6.07) is 19.1. The molecule has 1 saturated heterocycles. The van der Waals surface area contributed by atoms with E-state index in [1.807, 2.05) is 24.3 Å². The highest BCUT2D eigenvalue weighted by Gasteiger charge is 2.38. The number of hydrogen-bond donors (Lipinski definition) is 1. The van der Waals surface area contributed by atoms with E-state index in [4.69, 9.17) is 21.6 Å². The van der Waals surface area contributed by atoms with E-state index < -0.39 is 0 Å². The summed E-state index contributed by atoms with van der Waals surface area (Å²) in [5, 5.41) is 4.04. The van der Waals surface area contributed by atoms with Gasteiger partial charge in [-0.05, 0) is 48.1 Å². The molecule has 2 atom stereocenters. The number of piperidine rings is 1. The normalized spacial score (nSPS) is 20.1. The SMILES string of the molecule is CC(C)c1cc(N2C[C@H]3CC[C@H]2c2ccccc23)nc(Nc2cccc(Cl)c2)n1. The molecule has 1 aliphatic carbocycles. The van der Waals surface area contributed by atoms with Crippen LogP contribution >= 0.6 is 11.6 Å². The summed E-state index contributed by atoms with van der Waals surface area (Å²) in [6.45, 7) is 5.37. The number of nitrogens with zero attached hydrogens (tertiary/aromatic N) is 3. The zero-order chi connectivity index (χ0) is 20.0. The smallest absolute Gasteiger partial charge is 0.229 e. The largest absolute Gasteiger partial charge is 0.349 e. The van der Waals surface area contributed by atoms with E-state index in [2.05, 4.69) is 54.4 Å². The maximum absolute atomic E-state index is 6.15. The predicted molar refractivity (Wildman–Crippen MR) is 119 cm³/mol. The fourth-order valence-corrected chi connectivity index (χ4v) is 4.82. The first-order valence-corrected chi connectivity index (χ1v) is 10.7. The fraction of sp³-hybridized carbons (Fsp3) is 0.333. The number of halogens is 1. The van der Waals surface area contributed by atoms with Crippen molar-refractivity contribution in [1.29, 1.82) is 0 Å². The van der Waals surface area contributed by atoms with E-state index in [0.717, 1.165) is 23.7 Å². The van der Waals surface area contributed by atoms with Gasteiger partial charge in [-0.2, -0.15) is 4.98 Å². The molecule has 0 radical (unpaired) electrons. The van der Waals surface area contributed by atoms with Crippen LogP contribution in [0.15, 0.2) is 54.6 Å². The number of fused-ring (bicyclic) bond motifs is 2. The molecule has 3 aromatic rings. The van der Waals surface area contributed by atoms with Gasteiger partial charge in [0, 0.05) is 29.2 Å². The number of rotatable bonds is 4. The highest BCUT2D eigenvalue weighted by molar-refractivity contribution is 6.30. The van der Waals surface area contributed by atoms with Gasteiger partial charge in [-0.25, -0.2) is 4.98 Å². The van der Waals surface area contributed by atoms with Gasteiger partial charge >= 0.3 is 0 Å². The Hall–Kier alpha value is -2.59. The molecule has 4 nitrogen and oxygen atoms in total. The summed E-state index contributed by atoms with van der Waals surface area (Å²) in [4.78, 5) is 12.2. The highest BCUT2D eigenvalue weighted by Crippen LogP contribution is 2.48. The van der Waals surface area contributed by atoms with Gasteiger partial charge in [0.05, 0.1) is 11.7 Å². The van der Waals surface area contributed by atoms with Crippen LogP contribution in [0.3, 0.4) is 0 Å². The topological polar surface area (TPSA) is 41.1 Å². The van der Waals surface area contributed by atoms with Crippen molar-refractivity contribution in [1.82, 2.24) is 9.97 Å². The molecule has 2 bridgehead atoms. The molecule has 1 N–H and O–H groups in total. The maximum atomic E-state index is 6.15. The van der Waals surface area contributed by atoms with Crippen LogP contribution in [-0.4, -0.2) is 16.5 Å². The van der Waals surface area contributed by atoms with Gasteiger partial charge in [0.25, 0.3) is 0 Å². The van der Waals surface area contributed by atoms with E-state index in [1.165, 1.54) is 24.0 Å². The van der Waals surface area contributed by atoms with Gasteiger partial charge in [0.1, 0.15) is 5.82 Å². The van der Waals surface area contributed by atoms with Gasteiger partial charge in [0.15, 0.2) is 0 Å². The minimum Gasteiger partial charge on any atom is -0.349 e. The van der Waals surface area contributed by atoms with E-state index in [1.54, 1.807) is 0 Å². The van der Waals surface area contributed by atoms with Crippen molar-refractivity contribution in [2.45, 2.75) is 44.6 Å². The van der Waals surface area contributed by atoms with Crippen LogP contribution in [0.4, 0.5) is 17.5 Å². The van der Waals surface area contributed by atoms with Crippen LogP contribution in [0.25, 0.3) is 0 Å². The van der Waals surface area contributed by atoms with Gasteiger partial charge in [-0.15, -0.1) is 0 Å². The Labute approximate surface area is 177 Å². The monoisotopic (exact) mass is 404 g/mol. The van der Waals surface area contributed by atoms with Crippen LogP contribution in [0.1, 0.15) is 61.4 Å². The average molecular weight is 405 g/mol. The molecular weight excluding hydrogens is 380 g/mol. The molecule has 29 heavy (non-hydrogen) atoms. The van der Waals surface area contributed by atoms with Crippen LogP contribution in [0.2, 0.25) is 5.02 Å². The first-order valence-electron chi connectivity index (χ1n) is 10.4. The lowest BCUT2D eigenvalue weighted by molar-refractivity contribution is 0.387. The van der Waals surface area contributed by atoms with Crippen molar-refractivity contribution >= 4 is 29.1 Å². The zero-order valence-electron chi connectivity index (χ0n) is 16.8. The lowest BCUT2D eigenvalue weighted by atomic mass is 9.75. The van der Waals surface area contributed by atoms with E-state index in [9.17, 15) is 0 Å². The van der Waals surface area contributed by atoms with Crippen molar-refractivity contribution < 1.29 is 0 Å². The van der Waals surface area contributed by atoms with Crippen molar-refractivity contribution in [3.05, 3.63) is 76.4 Å². The number of anilines is 3. The standard InChI is InChI=1S/C24H25ClN4/c1-15(2)21-13-23(28-24(27-21)26-18-7-5-6-17(25)12-18)29-14-16-10-11-22(29)20-9-4-3-8-19(16)20/h3-9,12-13,15-16,22H,10-11,14H2,1-2H3,(H,26,27,28)/t16-,22+/m1/s1. The molecule has 2 aliphatic heterocycles. The Balaban J connectivity index is 1.53. The summed E-state index contributed by atoms with van der Waals surface area (Å²) >= 11 is 6.15. The molecule has 3 aliphatic rings. The van der Waals surface area contributed by atoms with E-state index >= 15 is 0 Å². The molecule has 0 unspecified atom stereocenters. The highest BCUT2D eigenvalue weighted by atomic mass is 35.5. The number of benzene rings is 2. The lowest BCUT2D eigenvalue weighted by Crippen LogP contribution is -2.43. The molecule has 5 heteroatoms. The summed E-state index contributed by atoms with van der Waals surface area (Å²) < 4.78 is 0. The molecule has 6 rings (SSSR count). The quantitative estimate of drug-likeness (QED) is 0.543. The van der Waals surface area contributed by atoms with Crippen LogP contribution < -0.4 is 10.2 Å². The van der Waals surface area contributed by atoms with Crippen LogP contribution in [0.5, 0.6) is 0 Å². The van der Waals surface area contributed by atoms with Crippen molar-refractivity contribution in [3.8, 4) is 0 Å². The molecule has 2 aromatic carbocycles. The molecule has 1 fully saturated rings. The Morgan fingerprint density at radius 3 is 2.62 bits per heavy atom. The summed E-state index contributed by atoms with van der Waals surface area (Å²) in [6.07, 6.45) is 2.44. The molecule has 148 valence electrons. The average Bonchev–Trinajstić information content (AvgIpc) is 2.74. The lowest BCUT2D eigenvalue weighted by Gasteiger charge is -2.47. The third kappa shape index (κ3) is 3.46. The Morgan fingerprint density at radius 2 is 1.83 bits per heavy atom. The molecule has 0 amide bonds. The van der Waals surface area contributed by atoms with Gasteiger partial charge in [-0.3, -0.25) is 0 Å². The minimum atomic E-state index is 0.325. The van der Waals surface area contributed by atoms with Gasteiger partial charge in [0.2, 0.25) is 5.95 Å². The minimum absolute atomic E-state index is 0.325.